The molecule has 0 aliphatic heterocycles. The van der Waals surface area contributed by atoms with Gasteiger partial charge in [0.2, 0.25) is 0 Å². The summed E-state index contributed by atoms with van der Waals surface area (Å²) in [6, 6.07) is 0. The molecule has 0 aliphatic carbocycles. The van der Waals surface area contributed by atoms with Crippen molar-refractivity contribution < 1.29 is 44.5 Å². The molecule has 0 saturated heterocycles. The Morgan fingerprint density at radius 1 is 1.32 bits per heavy atom. The third-order valence-electron chi connectivity index (χ3n) is 1.67. The van der Waals surface area contributed by atoms with Crippen molar-refractivity contribution >= 4 is 16.1 Å². The van der Waals surface area contributed by atoms with Crippen LogP contribution in [0.3, 0.4) is 0 Å². The molecule has 11 heteroatoms. The molecular formula is C8H9F5O5S. The Bertz CT molecular complexity index is 453. The van der Waals surface area contributed by atoms with Crippen LogP contribution in [-0.4, -0.2) is 36.5 Å². The highest BCUT2D eigenvalue weighted by Crippen LogP contribution is 2.38. The zero-order valence-corrected chi connectivity index (χ0v) is 10.1. The average Bonchev–Trinajstić information content (AvgIpc) is 2.19. The summed E-state index contributed by atoms with van der Waals surface area (Å²) in [5, 5.41) is -5.71. The number of hydrogen-bond acceptors (Lipinski definition) is 4. The third kappa shape index (κ3) is 4.74. The molecule has 0 amide bonds. The van der Waals surface area contributed by atoms with Crippen LogP contribution in [-0.2, 0) is 19.6 Å². The first-order chi connectivity index (χ1) is 8.34. The Labute approximate surface area is 104 Å². The van der Waals surface area contributed by atoms with Gasteiger partial charge in [-0.15, -0.1) is 0 Å². The second kappa shape index (κ2) is 5.82. The van der Waals surface area contributed by atoms with E-state index in [1.165, 1.54) is 6.92 Å². The van der Waals surface area contributed by atoms with Crippen LogP contribution in [0.15, 0.2) is 12.2 Å². The number of hydrogen-bond donors (Lipinski definition) is 1. The largest absolute Gasteiger partial charge is 0.442 e. The fourth-order valence-electron chi connectivity index (χ4n) is 0.831. The van der Waals surface area contributed by atoms with E-state index in [0.717, 1.165) is 6.08 Å². The van der Waals surface area contributed by atoms with Gasteiger partial charge in [-0.1, -0.05) is 13.0 Å². The smallest absolute Gasteiger partial charge is 0.432 e. The van der Waals surface area contributed by atoms with Gasteiger partial charge in [-0.2, -0.15) is 30.4 Å². The highest BCUT2D eigenvalue weighted by Gasteiger charge is 2.65. The number of carbonyl (C=O) groups excluding carboxylic acids is 1. The molecule has 0 aromatic rings. The number of esters is 1. The first kappa shape index (κ1) is 17.8. The van der Waals surface area contributed by atoms with E-state index in [1.807, 2.05) is 0 Å². The molecule has 5 nitrogen and oxygen atoms in total. The average molecular weight is 312 g/mol. The maximum Gasteiger partial charge on any atom is 0.432 e. The zero-order valence-electron chi connectivity index (χ0n) is 9.32. The minimum absolute atomic E-state index is 0.209. The lowest BCUT2D eigenvalue weighted by molar-refractivity contribution is -0.257. The molecule has 0 aliphatic rings. The predicted molar refractivity (Wildman–Crippen MR) is 51.9 cm³/mol. The Kier molecular flexibility index (Phi) is 5.44. The van der Waals surface area contributed by atoms with E-state index >= 15 is 0 Å². The maximum atomic E-state index is 12.9. The van der Waals surface area contributed by atoms with Crippen LogP contribution in [0, 0.1) is 0 Å². The fraction of sp³-hybridized carbons (Fsp3) is 0.625. The zero-order chi connectivity index (χ0) is 15.5. The second-order valence-electron chi connectivity index (χ2n) is 3.21. The van der Waals surface area contributed by atoms with Crippen molar-refractivity contribution in [3.05, 3.63) is 12.2 Å². The topological polar surface area (TPSA) is 80.7 Å². The molecular weight excluding hydrogens is 303 g/mol. The Balaban J connectivity index is 5.39. The van der Waals surface area contributed by atoms with Gasteiger partial charge in [-0.3, -0.25) is 4.55 Å². The summed E-state index contributed by atoms with van der Waals surface area (Å²) in [7, 11) is -6.41. The van der Waals surface area contributed by atoms with Crippen molar-refractivity contribution in [2.45, 2.75) is 30.9 Å². The molecule has 0 bridgehead atoms. The molecule has 19 heavy (non-hydrogen) atoms. The van der Waals surface area contributed by atoms with Crippen molar-refractivity contribution in [2.24, 2.45) is 0 Å². The van der Waals surface area contributed by atoms with Crippen LogP contribution < -0.4 is 0 Å². The lowest BCUT2D eigenvalue weighted by Crippen LogP contribution is -2.52. The van der Waals surface area contributed by atoms with E-state index < -0.39 is 33.6 Å². The molecule has 1 N–H and O–H groups in total. The summed E-state index contributed by atoms with van der Waals surface area (Å²) in [6.07, 6.45) is -8.53. The lowest BCUT2D eigenvalue weighted by Gasteiger charge is -2.25. The van der Waals surface area contributed by atoms with Crippen LogP contribution >= 0.6 is 0 Å². The summed E-state index contributed by atoms with van der Waals surface area (Å²) in [5.74, 6) is -1.81. The Morgan fingerprint density at radius 2 is 1.79 bits per heavy atom. The number of rotatable bonds is 5. The molecule has 0 radical (unpaired) electrons. The van der Waals surface area contributed by atoms with Gasteiger partial charge in [-0.05, 0) is 6.42 Å². The van der Waals surface area contributed by atoms with Gasteiger partial charge in [0.05, 0.1) is 0 Å². The van der Waals surface area contributed by atoms with E-state index in [-0.39, 0.29) is 6.42 Å². The molecule has 0 heterocycles. The molecule has 0 fully saturated rings. The van der Waals surface area contributed by atoms with Crippen molar-refractivity contribution in [1.29, 1.82) is 0 Å². The van der Waals surface area contributed by atoms with Crippen molar-refractivity contribution in [1.82, 2.24) is 0 Å². The molecule has 0 aromatic carbocycles. The first-order valence-electron chi connectivity index (χ1n) is 4.62. The molecule has 0 rings (SSSR count). The highest BCUT2D eigenvalue weighted by atomic mass is 32.2. The highest BCUT2D eigenvalue weighted by molar-refractivity contribution is 7.86. The minimum Gasteiger partial charge on any atom is -0.442 e. The van der Waals surface area contributed by atoms with Gasteiger partial charge in [0.1, 0.15) is 0 Å². The first-order valence-corrected chi connectivity index (χ1v) is 6.06. The van der Waals surface area contributed by atoms with Crippen molar-refractivity contribution in [3.8, 4) is 0 Å². The summed E-state index contributed by atoms with van der Waals surface area (Å²) in [5.41, 5.74) is 0. The van der Waals surface area contributed by atoms with Gasteiger partial charge in [-0.25, -0.2) is 4.79 Å². The van der Waals surface area contributed by atoms with Gasteiger partial charge in [0.25, 0.3) is 6.10 Å². The van der Waals surface area contributed by atoms with Gasteiger partial charge >= 0.3 is 27.5 Å². The van der Waals surface area contributed by atoms with E-state index in [4.69, 9.17) is 4.55 Å². The monoisotopic (exact) mass is 312 g/mol. The predicted octanol–water partition coefficient (Wildman–Crippen LogP) is 1.91. The van der Waals surface area contributed by atoms with Gasteiger partial charge in [0, 0.05) is 6.08 Å². The number of allylic oxidation sites excluding steroid dienone is 1. The number of ether oxygens (including phenoxy) is 1. The normalized spacial score (nSPS) is 15.5. The van der Waals surface area contributed by atoms with Gasteiger partial charge in [0.15, 0.2) is 0 Å². The van der Waals surface area contributed by atoms with E-state index in [0.29, 0.717) is 6.08 Å². The standard InChI is InChI=1S/C8H9F5O5S/c1-2-3-4-5(14)18-6(7(9,10)11)8(12,13)19(15,16)17/h3-4,6H,2H2,1H3,(H,15,16,17)/b4-3+. The summed E-state index contributed by atoms with van der Waals surface area (Å²) in [4.78, 5) is 10.8. The van der Waals surface area contributed by atoms with Gasteiger partial charge < -0.3 is 4.74 Å². The van der Waals surface area contributed by atoms with Crippen LogP contribution in [0.1, 0.15) is 13.3 Å². The fourth-order valence-corrected chi connectivity index (χ4v) is 1.28. The van der Waals surface area contributed by atoms with Crippen molar-refractivity contribution in [2.75, 3.05) is 0 Å². The second-order valence-corrected chi connectivity index (χ2v) is 4.70. The lowest BCUT2D eigenvalue weighted by atomic mass is 10.3. The maximum absolute atomic E-state index is 12.9. The summed E-state index contributed by atoms with van der Waals surface area (Å²) < 4.78 is 94.6. The molecule has 112 valence electrons. The van der Waals surface area contributed by atoms with Crippen LogP contribution in [0.5, 0.6) is 0 Å². The number of halogens is 5. The molecule has 0 aromatic heterocycles. The molecule has 0 spiro atoms. The third-order valence-corrected chi connectivity index (χ3v) is 2.57. The summed E-state index contributed by atoms with van der Waals surface area (Å²) in [6.45, 7) is 1.50. The van der Waals surface area contributed by atoms with E-state index in [1.54, 1.807) is 0 Å². The van der Waals surface area contributed by atoms with Crippen LogP contribution in [0.25, 0.3) is 0 Å². The summed E-state index contributed by atoms with van der Waals surface area (Å²) >= 11 is 0. The SMILES string of the molecule is CC/C=C/C(=O)OC(C(F)(F)F)C(F)(F)S(=O)(=O)O. The van der Waals surface area contributed by atoms with Crippen LogP contribution in [0.4, 0.5) is 22.0 Å². The van der Waals surface area contributed by atoms with E-state index in [9.17, 15) is 35.2 Å². The van der Waals surface area contributed by atoms with Crippen LogP contribution in [0.2, 0.25) is 0 Å². The Morgan fingerprint density at radius 3 is 2.11 bits per heavy atom. The van der Waals surface area contributed by atoms with Crippen molar-refractivity contribution in [3.63, 3.8) is 0 Å². The number of carbonyl (C=O) groups is 1. The molecule has 0 saturated carbocycles. The quantitative estimate of drug-likeness (QED) is 0.363. The molecule has 1 atom stereocenters. The molecule has 1 unspecified atom stereocenters. The number of alkyl halides is 5. The minimum atomic E-state index is -6.41. The van der Waals surface area contributed by atoms with E-state index in [2.05, 4.69) is 4.74 Å². The Hall–Kier alpha value is -1.23.